The van der Waals surface area contributed by atoms with Gasteiger partial charge in [0.15, 0.2) is 6.04 Å². The second kappa shape index (κ2) is 6.72. The number of nitrogens with zero attached hydrogens (tertiary/aromatic N) is 2. The monoisotopic (exact) mass is 273 g/mol. The molecule has 0 aromatic heterocycles. The summed E-state index contributed by atoms with van der Waals surface area (Å²) in [5, 5.41) is 20.6. The fourth-order valence-corrected chi connectivity index (χ4v) is 2.17. The van der Waals surface area contributed by atoms with Gasteiger partial charge in [0.25, 0.3) is 0 Å². The molecular formula is C12H23N3O4. The third-order valence-electron chi connectivity index (χ3n) is 3.58. The predicted molar refractivity (Wildman–Crippen MR) is 69.9 cm³/mol. The van der Waals surface area contributed by atoms with E-state index >= 15 is 0 Å². The highest BCUT2D eigenvalue weighted by Crippen LogP contribution is 2.14. The van der Waals surface area contributed by atoms with E-state index in [4.69, 9.17) is 5.11 Å². The van der Waals surface area contributed by atoms with Crippen LogP contribution in [0.1, 0.15) is 19.8 Å². The summed E-state index contributed by atoms with van der Waals surface area (Å²) >= 11 is 0. The van der Waals surface area contributed by atoms with E-state index in [9.17, 15) is 14.7 Å². The summed E-state index contributed by atoms with van der Waals surface area (Å²) in [5.41, 5.74) is 0. The first-order valence-electron chi connectivity index (χ1n) is 6.45. The maximum absolute atomic E-state index is 12.0. The smallest absolute Gasteiger partial charge is 0.328 e. The van der Waals surface area contributed by atoms with Gasteiger partial charge >= 0.3 is 12.0 Å². The SMILES string of the molecule is C[C@@H](O)[C@H](NC(=O)N(C)C1CCN(C)CC1)C(=O)O. The highest BCUT2D eigenvalue weighted by atomic mass is 16.4. The Morgan fingerprint density at radius 3 is 2.32 bits per heavy atom. The Hall–Kier alpha value is -1.34. The number of amides is 2. The van der Waals surface area contributed by atoms with Crippen molar-refractivity contribution in [3.63, 3.8) is 0 Å². The van der Waals surface area contributed by atoms with Crippen LogP contribution >= 0.6 is 0 Å². The number of urea groups is 1. The number of piperidine rings is 1. The third-order valence-corrected chi connectivity index (χ3v) is 3.58. The average Bonchev–Trinajstić information content (AvgIpc) is 2.34. The molecule has 1 aliphatic rings. The number of nitrogens with one attached hydrogen (secondary N) is 1. The van der Waals surface area contributed by atoms with Crippen molar-refractivity contribution in [2.24, 2.45) is 0 Å². The largest absolute Gasteiger partial charge is 0.480 e. The van der Waals surface area contributed by atoms with Gasteiger partial charge in [-0.15, -0.1) is 0 Å². The molecule has 1 rings (SSSR count). The molecule has 1 heterocycles. The highest BCUT2D eigenvalue weighted by molar-refractivity contribution is 5.83. The van der Waals surface area contributed by atoms with Crippen LogP contribution in [0.4, 0.5) is 4.79 Å². The molecule has 0 radical (unpaired) electrons. The minimum atomic E-state index is -1.28. The summed E-state index contributed by atoms with van der Waals surface area (Å²) in [5.74, 6) is -1.24. The van der Waals surface area contributed by atoms with Crippen LogP contribution < -0.4 is 5.32 Å². The number of hydrogen-bond donors (Lipinski definition) is 3. The molecule has 2 amide bonds. The Morgan fingerprint density at radius 1 is 1.37 bits per heavy atom. The lowest BCUT2D eigenvalue weighted by Crippen LogP contribution is -2.54. The Bertz CT molecular complexity index is 327. The lowest BCUT2D eigenvalue weighted by Gasteiger charge is -2.35. The number of carbonyl (C=O) groups excluding carboxylic acids is 1. The molecule has 0 aromatic rings. The molecule has 7 nitrogen and oxygen atoms in total. The van der Waals surface area contributed by atoms with Gasteiger partial charge in [0.1, 0.15) is 0 Å². The van der Waals surface area contributed by atoms with Gasteiger partial charge < -0.3 is 25.3 Å². The molecular weight excluding hydrogens is 250 g/mol. The lowest BCUT2D eigenvalue weighted by atomic mass is 10.0. The van der Waals surface area contributed by atoms with E-state index < -0.39 is 24.1 Å². The zero-order valence-corrected chi connectivity index (χ0v) is 11.7. The van der Waals surface area contributed by atoms with Crippen molar-refractivity contribution >= 4 is 12.0 Å². The molecule has 0 spiro atoms. The summed E-state index contributed by atoms with van der Waals surface area (Å²) in [6.07, 6.45) is 0.604. The quantitative estimate of drug-likeness (QED) is 0.645. The van der Waals surface area contributed by atoms with Crippen molar-refractivity contribution in [3.8, 4) is 0 Å². The number of carboxylic acid groups (broad SMARTS) is 1. The van der Waals surface area contributed by atoms with Gasteiger partial charge in [-0.1, -0.05) is 0 Å². The van der Waals surface area contributed by atoms with Crippen LogP contribution in [-0.4, -0.2) is 77.4 Å². The Balaban J connectivity index is 2.54. The number of hydrogen-bond acceptors (Lipinski definition) is 4. The Labute approximate surface area is 113 Å². The number of aliphatic hydroxyl groups is 1. The molecule has 1 aliphatic heterocycles. The van der Waals surface area contributed by atoms with Crippen molar-refractivity contribution in [2.45, 2.75) is 38.0 Å². The van der Waals surface area contributed by atoms with Gasteiger partial charge in [-0.2, -0.15) is 0 Å². The molecule has 1 saturated heterocycles. The van der Waals surface area contributed by atoms with Crippen LogP contribution in [0.25, 0.3) is 0 Å². The van der Waals surface area contributed by atoms with Crippen LogP contribution in [0.5, 0.6) is 0 Å². The van der Waals surface area contributed by atoms with Crippen molar-refractivity contribution in [2.75, 3.05) is 27.2 Å². The summed E-state index contributed by atoms with van der Waals surface area (Å²) in [6.45, 7) is 3.18. The van der Waals surface area contributed by atoms with Crippen LogP contribution in [0.3, 0.4) is 0 Å². The van der Waals surface area contributed by atoms with Gasteiger partial charge in [0.2, 0.25) is 0 Å². The van der Waals surface area contributed by atoms with E-state index in [-0.39, 0.29) is 6.04 Å². The minimum absolute atomic E-state index is 0.111. The molecule has 7 heteroatoms. The molecule has 0 bridgehead atoms. The van der Waals surface area contributed by atoms with Crippen LogP contribution in [-0.2, 0) is 4.79 Å². The number of aliphatic hydroxyl groups excluding tert-OH is 1. The highest BCUT2D eigenvalue weighted by Gasteiger charge is 2.29. The summed E-state index contributed by atoms with van der Waals surface area (Å²) in [6, 6.07) is -1.62. The molecule has 2 atom stereocenters. The summed E-state index contributed by atoms with van der Waals surface area (Å²) in [7, 11) is 3.69. The van der Waals surface area contributed by atoms with Crippen LogP contribution in [0, 0.1) is 0 Å². The van der Waals surface area contributed by atoms with E-state index in [0.717, 1.165) is 25.9 Å². The molecule has 3 N–H and O–H groups in total. The second-order valence-electron chi connectivity index (χ2n) is 5.15. The average molecular weight is 273 g/mol. The number of aliphatic carboxylic acids is 1. The maximum atomic E-state index is 12.0. The van der Waals surface area contributed by atoms with E-state index in [0.29, 0.717) is 0 Å². The van der Waals surface area contributed by atoms with Crippen LogP contribution in [0.2, 0.25) is 0 Å². The van der Waals surface area contributed by atoms with Crippen LogP contribution in [0.15, 0.2) is 0 Å². The van der Waals surface area contributed by atoms with Gasteiger partial charge in [0, 0.05) is 13.1 Å². The zero-order chi connectivity index (χ0) is 14.6. The van der Waals surface area contributed by atoms with Crippen molar-refractivity contribution in [1.29, 1.82) is 0 Å². The predicted octanol–water partition coefficient (Wildman–Crippen LogP) is -0.444. The number of likely N-dealkylation sites (tertiary alicyclic amines) is 1. The van der Waals surface area contributed by atoms with Gasteiger partial charge in [-0.3, -0.25) is 0 Å². The first-order valence-corrected chi connectivity index (χ1v) is 6.45. The third kappa shape index (κ3) is 4.36. The standard InChI is InChI=1S/C12H23N3O4/c1-8(16)10(11(17)18)13-12(19)15(3)9-4-6-14(2)7-5-9/h8-10,16H,4-7H2,1-3H3,(H,13,19)(H,17,18)/t8-,10+/m1/s1. The van der Waals surface area contributed by atoms with Crippen molar-refractivity contribution < 1.29 is 19.8 Å². The van der Waals surface area contributed by atoms with Gasteiger partial charge in [-0.25, -0.2) is 9.59 Å². The minimum Gasteiger partial charge on any atom is -0.480 e. The lowest BCUT2D eigenvalue weighted by molar-refractivity contribution is -0.141. The molecule has 1 fully saturated rings. The van der Waals surface area contributed by atoms with Crippen molar-refractivity contribution in [3.05, 3.63) is 0 Å². The zero-order valence-electron chi connectivity index (χ0n) is 11.7. The van der Waals surface area contributed by atoms with E-state index in [1.807, 2.05) is 7.05 Å². The first-order chi connectivity index (χ1) is 8.82. The second-order valence-corrected chi connectivity index (χ2v) is 5.15. The number of carboxylic acids is 1. The van der Waals surface area contributed by atoms with E-state index in [2.05, 4.69) is 10.2 Å². The summed E-state index contributed by atoms with van der Waals surface area (Å²) < 4.78 is 0. The van der Waals surface area contributed by atoms with Crippen molar-refractivity contribution in [1.82, 2.24) is 15.1 Å². The Kier molecular flexibility index (Phi) is 5.56. The fourth-order valence-electron chi connectivity index (χ4n) is 2.17. The fraction of sp³-hybridized carbons (Fsp3) is 0.833. The molecule has 0 aromatic carbocycles. The number of rotatable bonds is 4. The molecule has 0 aliphatic carbocycles. The van der Waals surface area contributed by atoms with Gasteiger partial charge in [0.05, 0.1) is 6.10 Å². The maximum Gasteiger partial charge on any atom is 0.328 e. The molecule has 19 heavy (non-hydrogen) atoms. The normalized spacial score (nSPS) is 20.6. The first kappa shape index (κ1) is 15.7. The van der Waals surface area contributed by atoms with Gasteiger partial charge in [-0.05, 0) is 39.9 Å². The molecule has 110 valence electrons. The van der Waals surface area contributed by atoms with E-state index in [1.54, 1.807) is 7.05 Å². The topological polar surface area (TPSA) is 93.1 Å². The van der Waals surface area contributed by atoms with E-state index in [1.165, 1.54) is 11.8 Å². The number of carbonyl (C=O) groups is 2. The Morgan fingerprint density at radius 2 is 1.89 bits per heavy atom. The molecule has 0 saturated carbocycles. The molecule has 0 unspecified atom stereocenters. The summed E-state index contributed by atoms with van der Waals surface area (Å²) in [4.78, 5) is 26.6.